The van der Waals surface area contributed by atoms with Gasteiger partial charge in [0.2, 0.25) is 11.8 Å². The average Bonchev–Trinajstić information content (AvgIpc) is 3.06. The Balaban J connectivity index is 2.05. The number of likely N-dealkylation sites (tertiary alicyclic amines) is 1. The molecule has 120 valence electrons. The van der Waals surface area contributed by atoms with Gasteiger partial charge in [0.25, 0.3) is 0 Å². The van der Waals surface area contributed by atoms with Gasteiger partial charge in [-0.25, -0.2) is 0 Å². The Kier molecular flexibility index (Phi) is 5.06. The van der Waals surface area contributed by atoms with Crippen LogP contribution in [0.5, 0.6) is 0 Å². The van der Waals surface area contributed by atoms with E-state index in [0.29, 0.717) is 19.5 Å². The van der Waals surface area contributed by atoms with E-state index in [1.54, 1.807) is 11.0 Å². The molecule has 1 aromatic rings. The Hall–Kier alpha value is -2.04. The van der Waals surface area contributed by atoms with Crippen molar-refractivity contribution in [3.8, 4) is 0 Å². The Bertz CT molecular complexity index is 601. The predicted octanol–water partition coefficient (Wildman–Crippen LogP) is 1.86. The van der Waals surface area contributed by atoms with Crippen LogP contribution in [0.25, 0.3) is 6.08 Å². The minimum absolute atomic E-state index is 0.0518. The van der Waals surface area contributed by atoms with Gasteiger partial charge >= 0.3 is 0 Å². The summed E-state index contributed by atoms with van der Waals surface area (Å²) in [6.45, 7) is 8.34. The van der Waals surface area contributed by atoms with Crippen molar-refractivity contribution in [3.63, 3.8) is 0 Å². The van der Waals surface area contributed by atoms with Crippen LogP contribution in [0.1, 0.15) is 36.7 Å². The van der Waals surface area contributed by atoms with Crippen molar-refractivity contribution in [2.24, 2.45) is 11.7 Å². The number of carbonyl (C=O) groups is 2. The molecule has 0 bridgehead atoms. The lowest BCUT2D eigenvalue weighted by molar-refractivity contribution is -0.125. The van der Waals surface area contributed by atoms with Crippen LogP contribution in [0.15, 0.2) is 12.1 Å². The number of aromatic nitrogens is 1. The van der Waals surface area contributed by atoms with Gasteiger partial charge in [0.05, 0.1) is 5.92 Å². The number of nitrogens with two attached hydrogens (primary N) is 1. The first kappa shape index (κ1) is 16.3. The molecule has 22 heavy (non-hydrogen) atoms. The van der Waals surface area contributed by atoms with Crippen LogP contribution in [-0.2, 0) is 16.1 Å². The van der Waals surface area contributed by atoms with Gasteiger partial charge in [0.15, 0.2) is 0 Å². The monoisotopic (exact) mass is 303 g/mol. The van der Waals surface area contributed by atoms with Gasteiger partial charge in [-0.15, -0.1) is 0 Å². The first-order chi connectivity index (χ1) is 10.4. The Morgan fingerprint density at radius 3 is 2.73 bits per heavy atom. The molecule has 0 unspecified atom stereocenters. The number of rotatable bonds is 5. The minimum Gasteiger partial charge on any atom is -0.369 e. The zero-order chi connectivity index (χ0) is 16.3. The van der Waals surface area contributed by atoms with Gasteiger partial charge in [0.1, 0.15) is 0 Å². The molecule has 1 aromatic heterocycles. The normalized spacial score (nSPS) is 18.3. The molecule has 5 nitrogen and oxygen atoms in total. The second-order valence-corrected chi connectivity index (χ2v) is 5.98. The maximum Gasteiger partial charge on any atom is 0.246 e. The van der Waals surface area contributed by atoms with Gasteiger partial charge in [-0.1, -0.05) is 6.92 Å². The Morgan fingerprint density at radius 1 is 1.41 bits per heavy atom. The summed E-state index contributed by atoms with van der Waals surface area (Å²) in [6.07, 6.45) is 5.22. The molecule has 2 amide bonds. The number of nitrogens with zero attached hydrogens (tertiary/aromatic N) is 2. The van der Waals surface area contributed by atoms with E-state index in [4.69, 9.17) is 5.73 Å². The first-order valence-electron chi connectivity index (χ1n) is 7.87. The van der Waals surface area contributed by atoms with Crippen LogP contribution in [0.3, 0.4) is 0 Å². The van der Waals surface area contributed by atoms with E-state index >= 15 is 0 Å². The SMILES string of the molecule is CCCn1c(C)cc(/C=C\C(=O)N2CC[C@H](C(N)=O)C2)c1C. The van der Waals surface area contributed by atoms with E-state index in [9.17, 15) is 9.59 Å². The molecule has 1 atom stereocenters. The molecule has 2 heterocycles. The molecule has 0 saturated carbocycles. The third-order valence-electron chi connectivity index (χ3n) is 4.37. The molecular weight excluding hydrogens is 278 g/mol. The van der Waals surface area contributed by atoms with Crippen LogP contribution < -0.4 is 5.73 Å². The van der Waals surface area contributed by atoms with Crippen molar-refractivity contribution < 1.29 is 9.59 Å². The lowest BCUT2D eigenvalue weighted by Gasteiger charge is -2.13. The molecule has 0 aliphatic carbocycles. The van der Waals surface area contributed by atoms with Crippen molar-refractivity contribution >= 4 is 17.9 Å². The molecule has 0 aromatic carbocycles. The summed E-state index contributed by atoms with van der Waals surface area (Å²) in [5, 5.41) is 0. The fourth-order valence-electron chi connectivity index (χ4n) is 3.02. The molecule has 1 aliphatic heterocycles. The maximum absolute atomic E-state index is 12.2. The highest BCUT2D eigenvalue weighted by atomic mass is 16.2. The van der Waals surface area contributed by atoms with Gasteiger partial charge in [-0.3, -0.25) is 9.59 Å². The topological polar surface area (TPSA) is 68.3 Å². The van der Waals surface area contributed by atoms with E-state index in [2.05, 4.69) is 31.4 Å². The summed E-state index contributed by atoms with van der Waals surface area (Å²) in [4.78, 5) is 25.0. The smallest absolute Gasteiger partial charge is 0.246 e. The minimum atomic E-state index is -0.317. The lowest BCUT2D eigenvalue weighted by Crippen LogP contribution is -2.30. The molecule has 1 aliphatic rings. The zero-order valence-corrected chi connectivity index (χ0v) is 13.6. The highest BCUT2D eigenvalue weighted by Crippen LogP contribution is 2.19. The number of hydrogen-bond donors (Lipinski definition) is 1. The van der Waals surface area contributed by atoms with E-state index < -0.39 is 0 Å². The summed E-state index contributed by atoms with van der Waals surface area (Å²) >= 11 is 0. The molecule has 0 radical (unpaired) electrons. The molecule has 2 N–H and O–H groups in total. The number of hydrogen-bond acceptors (Lipinski definition) is 2. The van der Waals surface area contributed by atoms with Crippen LogP contribution in [0, 0.1) is 19.8 Å². The van der Waals surface area contributed by atoms with E-state index in [-0.39, 0.29) is 17.7 Å². The highest BCUT2D eigenvalue weighted by Gasteiger charge is 2.28. The first-order valence-corrected chi connectivity index (χ1v) is 7.87. The summed E-state index contributed by atoms with van der Waals surface area (Å²) in [7, 11) is 0. The Morgan fingerprint density at radius 2 is 2.14 bits per heavy atom. The van der Waals surface area contributed by atoms with E-state index in [0.717, 1.165) is 18.5 Å². The molecule has 1 fully saturated rings. The summed E-state index contributed by atoms with van der Waals surface area (Å²) in [5.74, 6) is -0.571. The average molecular weight is 303 g/mol. The fraction of sp³-hybridized carbons (Fsp3) is 0.529. The van der Waals surface area contributed by atoms with Gasteiger partial charge in [0, 0.05) is 37.1 Å². The lowest BCUT2D eigenvalue weighted by atomic mass is 10.1. The fourth-order valence-corrected chi connectivity index (χ4v) is 3.02. The van der Waals surface area contributed by atoms with Gasteiger partial charge in [-0.2, -0.15) is 0 Å². The summed E-state index contributed by atoms with van der Waals surface area (Å²) < 4.78 is 2.27. The third kappa shape index (κ3) is 3.40. The van der Waals surface area contributed by atoms with Crippen molar-refractivity contribution in [1.29, 1.82) is 0 Å². The van der Waals surface area contributed by atoms with Gasteiger partial charge < -0.3 is 15.2 Å². The largest absolute Gasteiger partial charge is 0.369 e. The Labute approximate surface area is 131 Å². The zero-order valence-electron chi connectivity index (χ0n) is 13.6. The number of primary amides is 1. The van der Waals surface area contributed by atoms with Crippen molar-refractivity contribution in [2.75, 3.05) is 13.1 Å². The van der Waals surface area contributed by atoms with E-state index in [1.807, 2.05) is 6.08 Å². The van der Waals surface area contributed by atoms with Crippen LogP contribution in [-0.4, -0.2) is 34.4 Å². The second-order valence-electron chi connectivity index (χ2n) is 5.98. The molecule has 0 spiro atoms. The van der Waals surface area contributed by atoms with Crippen LogP contribution >= 0.6 is 0 Å². The number of carbonyl (C=O) groups excluding carboxylic acids is 2. The standard InChI is InChI=1S/C17H25N3O2/c1-4-8-20-12(2)10-14(13(20)3)5-6-16(21)19-9-7-15(11-19)17(18)22/h5-6,10,15H,4,7-9,11H2,1-3H3,(H2,18,22)/b6-5-/t15-/m0/s1. The number of amides is 2. The highest BCUT2D eigenvalue weighted by molar-refractivity contribution is 5.92. The predicted molar refractivity (Wildman–Crippen MR) is 87.1 cm³/mol. The van der Waals surface area contributed by atoms with Crippen LogP contribution in [0.2, 0.25) is 0 Å². The van der Waals surface area contributed by atoms with Crippen molar-refractivity contribution in [3.05, 3.63) is 29.1 Å². The molecule has 5 heteroatoms. The summed E-state index contributed by atoms with van der Waals surface area (Å²) in [5.41, 5.74) is 8.76. The van der Waals surface area contributed by atoms with Crippen molar-refractivity contribution in [2.45, 2.75) is 40.2 Å². The van der Waals surface area contributed by atoms with Gasteiger partial charge in [-0.05, 0) is 44.4 Å². The van der Waals surface area contributed by atoms with E-state index in [1.165, 1.54) is 11.4 Å². The molecule has 1 saturated heterocycles. The number of aryl methyl sites for hydroxylation is 1. The van der Waals surface area contributed by atoms with Crippen LogP contribution in [0.4, 0.5) is 0 Å². The quantitative estimate of drug-likeness (QED) is 0.844. The third-order valence-corrected chi connectivity index (χ3v) is 4.37. The maximum atomic E-state index is 12.2. The summed E-state index contributed by atoms with van der Waals surface area (Å²) in [6, 6.07) is 2.10. The van der Waals surface area contributed by atoms with Crippen molar-refractivity contribution in [1.82, 2.24) is 9.47 Å². The molecule has 2 rings (SSSR count). The molecular formula is C17H25N3O2. The second kappa shape index (κ2) is 6.81.